The highest BCUT2D eigenvalue weighted by Gasteiger charge is 2.20. The Kier molecular flexibility index (Phi) is 2.38. The van der Waals surface area contributed by atoms with Crippen LogP contribution in [0.3, 0.4) is 0 Å². The summed E-state index contributed by atoms with van der Waals surface area (Å²) in [6.45, 7) is 0.792. The molecule has 1 aliphatic rings. The molecular formula is C9H12FN3. The maximum absolute atomic E-state index is 12.9. The van der Waals surface area contributed by atoms with Crippen molar-refractivity contribution < 1.29 is 4.39 Å². The van der Waals surface area contributed by atoms with Gasteiger partial charge in [0, 0.05) is 18.9 Å². The van der Waals surface area contributed by atoms with Crippen molar-refractivity contribution in [1.29, 1.82) is 0 Å². The van der Waals surface area contributed by atoms with Gasteiger partial charge < -0.3 is 5.32 Å². The van der Waals surface area contributed by atoms with Gasteiger partial charge in [0.25, 0.3) is 5.95 Å². The lowest BCUT2D eigenvalue weighted by atomic mass is 10.3. The molecule has 0 unspecified atom stereocenters. The molecule has 0 saturated heterocycles. The first kappa shape index (κ1) is 8.41. The van der Waals surface area contributed by atoms with Gasteiger partial charge in [0.1, 0.15) is 0 Å². The molecule has 0 aliphatic heterocycles. The van der Waals surface area contributed by atoms with Crippen LogP contribution in [0.25, 0.3) is 0 Å². The molecule has 0 atom stereocenters. The first-order chi connectivity index (χ1) is 6.36. The minimum absolute atomic E-state index is 0.267. The molecule has 1 N–H and O–H groups in total. The van der Waals surface area contributed by atoms with Crippen LogP contribution in [0, 0.1) is 11.9 Å². The first-order valence-electron chi connectivity index (χ1n) is 4.56. The lowest BCUT2D eigenvalue weighted by Crippen LogP contribution is -2.06. The summed E-state index contributed by atoms with van der Waals surface area (Å²) < 4.78 is 12.9. The number of anilines is 1. The Labute approximate surface area is 76.4 Å². The summed E-state index contributed by atoms with van der Waals surface area (Å²) in [5.74, 6) is 0.605. The van der Waals surface area contributed by atoms with Crippen LogP contribution in [0.2, 0.25) is 0 Å². The van der Waals surface area contributed by atoms with E-state index in [4.69, 9.17) is 0 Å². The molecule has 1 aromatic heterocycles. The van der Waals surface area contributed by atoms with Gasteiger partial charge in [-0.05, 0) is 12.3 Å². The third-order valence-corrected chi connectivity index (χ3v) is 2.20. The van der Waals surface area contributed by atoms with Gasteiger partial charge in [-0.3, -0.25) is 0 Å². The molecule has 1 aliphatic carbocycles. The first-order valence-corrected chi connectivity index (χ1v) is 4.56. The van der Waals surface area contributed by atoms with E-state index in [2.05, 4.69) is 15.3 Å². The smallest absolute Gasteiger partial charge is 0.255 e. The van der Waals surface area contributed by atoms with Crippen molar-refractivity contribution in [2.45, 2.75) is 19.3 Å². The molecule has 13 heavy (non-hydrogen) atoms. The van der Waals surface area contributed by atoms with Crippen LogP contribution in [0.1, 0.15) is 19.3 Å². The molecular weight excluding hydrogens is 169 g/mol. The topological polar surface area (TPSA) is 37.8 Å². The van der Waals surface area contributed by atoms with Crippen LogP contribution in [0.15, 0.2) is 12.4 Å². The lowest BCUT2D eigenvalue weighted by Gasteiger charge is -2.03. The Hall–Kier alpha value is -1.19. The van der Waals surface area contributed by atoms with E-state index in [0.717, 1.165) is 18.9 Å². The van der Waals surface area contributed by atoms with Crippen LogP contribution < -0.4 is 5.32 Å². The third-order valence-electron chi connectivity index (χ3n) is 2.20. The normalized spacial score (nSPS) is 15.8. The minimum Gasteiger partial charge on any atom is -0.366 e. The molecule has 0 amide bonds. The monoisotopic (exact) mass is 181 g/mol. The Balaban J connectivity index is 1.82. The van der Waals surface area contributed by atoms with E-state index >= 15 is 0 Å². The van der Waals surface area contributed by atoms with Crippen molar-refractivity contribution >= 4 is 5.82 Å². The Morgan fingerprint density at radius 3 is 2.85 bits per heavy atom. The van der Waals surface area contributed by atoms with Crippen molar-refractivity contribution in [1.82, 2.24) is 9.97 Å². The quantitative estimate of drug-likeness (QED) is 0.770. The van der Waals surface area contributed by atoms with Crippen molar-refractivity contribution in [2.75, 3.05) is 11.9 Å². The molecule has 3 nitrogen and oxygen atoms in total. The van der Waals surface area contributed by atoms with Gasteiger partial charge in [0.05, 0.1) is 0 Å². The van der Waals surface area contributed by atoms with Gasteiger partial charge >= 0.3 is 0 Å². The summed E-state index contributed by atoms with van der Waals surface area (Å²) in [6.07, 6.45) is 6.59. The molecule has 2 rings (SSSR count). The van der Waals surface area contributed by atoms with Crippen LogP contribution in [-0.2, 0) is 0 Å². The number of nitrogens with one attached hydrogen (secondary N) is 1. The van der Waals surface area contributed by atoms with Gasteiger partial charge in [-0.15, -0.1) is 0 Å². The molecule has 1 heterocycles. The molecule has 1 saturated carbocycles. The van der Waals surface area contributed by atoms with E-state index < -0.39 is 5.95 Å². The Morgan fingerprint density at radius 1 is 1.38 bits per heavy atom. The van der Waals surface area contributed by atoms with Gasteiger partial charge in [-0.25, -0.2) is 9.97 Å². The molecule has 0 spiro atoms. The SMILES string of the molecule is Fc1nccnc1NCCC1CC1. The molecule has 70 valence electrons. The van der Waals surface area contributed by atoms with E-state index in [9.17, 15) is 4.39 Å². The van der Waals surface area contributed by atoms with Crippen molar-refractivity contribution in [3.8, 4) is 0 Å². The van der Waals surface area contributed by atoms with Crippen LogP contribution in [0.5, 0.6) is 0 Å². The lowest BCUT2D eigenvalue weighted by molar-refractivity contribution is 0.579. The number of rotatable bonds is 4. The zero-order chi connectivity index (χ0) is 9.10. The maximum Gasteiger partial charge on any atom is 0.255 e. The summed E-state index contributed by atoms with van der Waals surface area (Å²) in [5.41, 5.74) is 0. The zero-order valence-corrected chi connectivity index (χ0v) is 7.33. The third kappa shape index (κ3) is 2.37. The highest BCUT2D eigenvalue weighted by Crippen LogP contribution is 2.31. The number of aromatic nitrogens is 2. The summed E-state index contributed by atoms with van der Waals surface area (Å²) in [6, 6.07) is 0. The summed E-state index contributed by atoms with van der Waals surface area (Å²) in [4.78, 5) is 7.35. The largest absolute Gasteiger partial charge is 0.366 e. The number of hydrogen-bond donors (Lipinski definition) is 1. The fraction of sp³-hybridized carbons (Fsp3) is 0.556. The van der Waals surface area contributed by atoms with Crippen LogP contribution in [-0.4, -0.2) is 16.5 Å². The Bertz CT molecular complexity index is 286. The fourth-order valence-corrected chi connectivity index (χ4v) is 1.24. The van der Waals surface area contributed by atoms with Gasteiger partial charge in [-0.1, -0.05) is 12.8 Å². The molecule has 1 aromatic rings. The molecule has 0 aromatic carbocycles. The molecule has 0 radical (unpaired) electrons. The number of halogens is 1. The standard InChI is InChI=1S/C9H12FN3/c10-8-9(13-6-5-11-8)12-4-3-7-1-2-7/h5-7H,1-4H2,(H,12,13). The van der Waals surface area contributed by atoms with Gasteiger partial charge in [0.2, 0.25) is 0 Å². The molecule has 4 heteroatoms. The summed E-state index contributed by atoms with van der Waals surface area (Å²) >= 11 is 0. The van der Waals surface area contributed by atoms with E-state index in [0.29, 0.717) is 0 Å². The highest BCUT2D eigenvalue weighted by atomic mass is 19.1. The zero-order valence-electron chi connectivity index (χ0n) is 7.33. The second-order valence-electron chi connectivity index (χ2n) is 3.35. The summed E-state index contributed by atoms with van der Waals surface area (Å²) in [7, 11) is 0. The van der Waals surface area contributed by atoms with Crippen molar-refractivity contribution in [2.24, 2.45) is 5.92 Å². The maximum atomic E-state index is 12.9. The van der Waals surface area contributed by atoms with E-state index in [-0.39, 0.29) is 5.82 Å². The van der Waals surface area contributed by atoms with E-state index in [1.807, 2.05) is 0 Å². The van der Waals surface area contributed by atoms with Crippen LogP contribution in [0.4, 0.5) is 10.2 Å². The van der Waals surface area contributed by atoms with Gasteiger partial charge in [-0.2, -0.15) is 4.39 Å². The van der Waals surface area contributed by atoms with E-state index in [1.165, 1.54) is 25.2 Å². The molecule has 1 fully saturated rings. The number of hydrogen-bond acceptors (Lipinski definition) is 3. The average molecular weight is 181 g/mol. The fourth-order valence-electron chi connectivity index (χ4n) is 1.24. The van der Waals surface area contributed by atoms with Gasteiger partial charge in [0.15, 0.2) is 5.82 Å². The second kappa shape index (κ2) is 3.68. The van der Waals surface area contributed by atoms with Crippen LogP contribution >= 0.6 is 0 Å². The Morgan fingerprint density at radius 2 is 2.15 bits per heavy atom. The number of nitrogens with zero attached hydrogens (tertiary/aromatic N) is 2. The summed E-state index contributed by atoms with van der Waals surface area (Å²) in [5, 5.41) is 2.94. The van der Waals surface area contributed by atoms with Crippen molar-refractivity contribution in [3.63, 3.8) is 0 Å². The second-order valence-corrected chi connectivity index (χ2v) is 3.35. The predicted molar refractivity (Wildman–Crippen MR) is 47.8 cm³/mol. The predicted octanol–water partition coefficient (Wildman–Crippen LogP) is 1.83. The average Bonchev–Trinajstić information content (AvgIpc) is 2.92. The highest BCUT2D eigenvalue weighted by molar-refractivity contribution is 5.31. The van der Waals surface area contributed by atoms with E-state index in [1.54, 1.807) is 0 Å². The molecule has 0 bridgehead atoms. The minimum atomic E-state index is -0.515. The van der Waals surface area contributed by atoms with Crippen molar-refractivity contribution in [3.05, 3.63) is 18.3 Å².